The zero-order chi connectivity index (χ0) is 11.8. The Morgan fingerprint density at radius 3 is 2.75 bits per heavy atom. The number of nitrogens with zero attached hydrogens (tertiary/aromatic N) is 1. The van der Waals surface area contributed by atoms with Crippen LogP contribution >= 0.6 is 0 Å². The Bertz CT molecular complexity index is 202. The lowest BCUT2D eigenvalue weighted by Crippen LogP contribution is -2.27. The van der Waals surface area contributed by atoms with Crippen LogP contribution in [0.3, 0.4) is 0 Å². The highest BCUT2D eigenvalue weighted by atomic mass is 16.2. The molecule has 0 amide bonds. The number of likely N-dealkylation sites (N-methyl/N-ethyl adjacent to an activating group) is 1. The van der Waals surface area contributed by atoms with Gasteiger partial charge >= 0.3 is 0 Å². The Morgan fingerprint density at radius 2 is 2.12 bits per heavy atom. The number of rotatable bonds is 10. The Labute approximate surface area is 99.5 Å². The molecule has 94 valence electrons. The standard InChI is InChI=1S/C13H26N2O/c1-12(10-14-13-6-7-13)11-15(2)8-4-3-5-9-16/h13-14,16H,1,3-11H2,2H3. The van der Waals surface area contributed by atoms with Gasteiger partial charge in [0.1, 0.15) is 0 Å². The summed E-state index contributed by atoms with van der Waals surface area (Å²) in [7, 11) is 2.14. The fourth-order valence-electron chi connectivity index (χ4n) is 1.76. The molecule has 16 heavy (non-hydrogen) atoms. The highest BCUT2D eigenvalue weighted by Crippen LogP contribution is 2.18. The van der Waals surface area contributed by atoms with Crippen molar-refractivity contribution in [3.8, 4) is 0 Å². The number of hydrogen-bond donors (Lipinski definition) is 2. The fraction of sp³-hybridized carbons (Fsp3) is 0.846. The molecule has 1 fully saturated rings. The summed E-state index contributed by atoms with van der Waals surface area (Å²) in [5.41, 5.74) is 1.27. The molecule has 0 aliphatic heterocycles. The molecule has 0 atom stereocenters. The van der Waals surface area contributed by atoms with Crippen LogP contribution in [-0.4, -0.2) is 49.3 Å². The first-order chi connectivity index (χ1) is 7.72. The summed E-state index contributed by atoms with van der Waals surface area (Å²) in [6, 6.07) is 0.770. The number of hydrogen-bond acceptors (Lipinski definition) is 3. The highest BCUT2D eigenvalue weighted by Gasteiger charge is 2.20. The second-order valence-corrected chi connectivity index (χ2v) is 4.93. The summed E-state index contributed by atoms with van der Waals surface area (Å²) in [6.45, 7) is 7.46. The Balaban J connectivity index is 1.94. The molecule has 1 aliphatic carbocycles. The van der Waals surface area contributed by atoms with Crippen LogP contribution in [0.15, 0.2) is 12.2 Å². The second kappa shape index (κ2) is 7.82. The molecule has 0 heterocycles. The third-order valence-corrected chi connectivity index (χ3v) is 2.91. The van der Waals surface area contributed by atoms with Crippen molar-refractivity contribution in [3.05, 3.63) is 12.2 Å². The number of nitrogens with one attached hydrogen (secondary N) is 1. The highest BCUT2D eigenvalue weighted by molar-refractivity contribution is 5.01. The lowest BCUT2D eigenvalue weighted by atomic mass is 10.2. The Morgan fingerprint density at radius 1 is 1.38 bits per heavy atom. The SMILES string of the molecule is C=C(CNC1CC1)CN(C)CCCCCO. The molecule has 0 aromatic rings. The van der Waals surface area contributed by atoms with Crippen LogP contribution in [0.1, 0.15) is 32.1 Å². The van der Waals surface area contributed by atoms with Gasteiger partial charge in [0.15, 0.2) is 0 Å². The van der Waals surface area contributed by atoms with E-state index in [0.717, 1.165) is 38.5 Å². The van der Waals surface area contributed by atoms with Gasteiger partial charge < -0.3 is 15.3 Å². The molecule has 0 spiro atoms. The van der Waals surface area contributed by atoms with Crippen LogP contribution < -0.4 is 5.32 Å². The summed E-state index contributed by atoms with van der Waals surface area (Å²) in [5.74, 6) is 0. The molecule has 0 aromatic carbocycles. The van der Waals surface area contributed by atoms with Crippen LogP contribution in [0, 0.1) is 0 Å². The minimum atomic E-state index is 0.321. The molecule has 1 rings (SSSR count). The van der Waals surface area contributed by atoms with Gasteiger partial charge in [-0.15, -0.1) is 0 Å². The molecule has 0 bridgehead atoms. The average molecular weight is 226 g/mol. The molecule has 1 saturated carbocycles. The summed E-state index contributed by atoms with van der Waals surface area (Å²) in [6.07, 6.45) is 5.89. The molecule has 0 saturated heterocycles. The van der Waals surface area contributed by atoms with Crippen molar-refractivity contribution < 1.29 is 5.11 Å². The van der Waals surface area contributed by atoms with Crippen LogP contribution in [0.5, 0.6) is 0 Å². The maximum Gasteiger partial charge on any atom is 0.0431 e. The zero-order valence-corrected chi connectivity index (χ0v) is 10.5. The van der Waals surface area contributed by atoms with Crippen molar-refractivity contribution in [2.24, 2.45) is 0 Å². The van der Waals surface area contributed by atoms with Crippen LogP contribution in [0.4, 0.5) is 0 Å². The first kappa shape index (κ1) is 13.7. The van der Waals surface area contributed by atoms with E-state index in [2.05, 4.69) is 23.8 Å². The third kappa shape index (κ3) is 6.99. The molecular weight excluding hydrogens is 200 g/mol. The van der Waals surface area contributed by atoms with Crippen LogP contribution in [0.2, 0.25) is 0 Å². The topological polar surface area (TPSA) is 35.5 Å². The van der Waals surface area contributed by atoms with Crippen molar-refractivity contribution in [2.45, 2.75) is 38.1 Å². The maximum atomic E-state index is 8.67. The smallest absolute Gasteiger partial charge is 0.0431 e. The van der Waals surface area contributed by atoms with E-state index in [4.69, 9.17) is 5.11 Å². The van der Waals surface area contributed by atoms with Gasteiger partial charge in [0.25, 0.3) is 0 Å². The Kier molecular flexibility index (Phi) is 6.69. The maximum absolute atomic E-state index is 8.67. The summed E-state index contributed by atoms with van der Waals surface area (Å²) < 4.78 is 0. The summed E-state index contributed by atoms with van der Waals surface area (Å²) in [5, 5.41) is 12.1. The van der Waals surface area contributed by atoms with E-state index in [0.29, 0.717) is 6.61 Å². The summed E-state index contributed by atoms with van der Waals surface area (Å²) in [4.78, 5) is 2.31. The van der Waals surface area contributed by atoms with Crippen molar-refractivity contribution >= 4 is 0 Å². The van der Waals surface area contributed by atoms with Gasteiger partial charge in [0.05, 0.1) is 0 Å². The predicted molar refractivity (Wildman–Crippen MR) is 68.6 cm³/mol. The molecule has 3 nitrogen and oxygen atoms in total. The van der Waals surface area contributed by atoms with E-state index in [1.165, 1.54) is 24.8 Å². The number of aliphatic hydroxyl groups is 1. The van der Waals surface area contributed by atoms with E-state index in [-0.39, 0.29) is 0 Å². The fourth-order valence-corrected chi connectivity index (χ4v) is 1.76. The van der Waals surface area contributed by atoms with E-state index in [1.54, 1.807) is 0 Å². The largest absolute Gasteiger partial charge is 0.396 e. The van der Waals surface area contributed by atoms with Gasteiger partial charge in [0, 0.05) is 25.7 Å². The predicted octanol–water partition coefficient (Wildman–Crippen LogP) is 1.39. The molecule has 0 unspecified atom stereocenters. The van der Waals surface area contributed by atoms with Gasteiger partial charge in [-0.2, -0.15) is 0 Å². The van der Waals surface area contributed by atoms with Gasteiger partial charge in [-0.25, -0.2) is 0 Å². The van der Waals surface area contributed by atoms with Crippen molar-refractivity contribution in [1.29, 1.82) is 0 Å². The third-order valence-electron chi connectivity index (χ3n) is 2.91. The second-order valence-electron chi connectivity index (χ2n) is 4.93. The Hall–Kier alpha value is -0.380. The van der Waals surface area contributed by atoms with Gasteiger partial charge in [-0.1, -0.05) is 6.58 Å². The monoisotopic (exact) mass is 226 g/mol. The zero-order valence-electron chi connectivity index (χ0n) is 10.5. The molecular formula is C13H26N2O. The number of unbranched alkanes of at least 4 members (excludes halogenated alkanes) is 2. The van der Waals surface area contributed by atoms with Gasteiger partial charge in [-0.3, -0.25) is 0 Å². The van der Waals surface area contributed by atoms with Crippen molar-refractivity contribution in [2.75, 3.05) is 33.3 Å². The van der Waals surface area contributed by atoms with Gasteiger partial charge in [-0.05, 0) is 51.3 Å². The first-order valence-electron chi connectivity index (χ1n) is 6.42. The van der Waals surface area contributed by atoms with Crippen LogP contribution in [0.25, 0.3) is 0 Å². The van der Waals surface area contributed by atoms with Gasteiger partial charge in [0.2, 0.25) is 0 Å². The van der Waals surface area contributed by atoms with Crippen LogP contribution in [-0.2, 0) is 0 Å². The molecule has 2 N–H and O–H groups in total. The molecule has 0 aromatic heterocycles. The average Bonchev–Trinajstić information content (AvgIpc) is 3.05. The molecule has 3 heteroatoms. The number of aliphatic hydroxyl groups excluding tert-OH is 1. The molecule has 0 radical (unpaired) electrons. The normalized spacial score (nSPS) is 15.7. The quantitative estimate of drug-likeness (QED) is 0.436. The van der Waals surface area contributed by atoms with E-state index >= 15 is 0 Å². The summed E-state index contributed by atoms with van der Waals surface area (Å²) >= 11 is 0. The lowest BCUT2D eigenvalue weighted by molar-refractivity contribution is 0.275. The first-order valence-corrected chi connectivity index (χ1v) is 6.42. The van der Waals surface area contributed by atoms with E-state index < -0.39 is 0 Å². The van der Waals surface area contributed by atoms with E-state index in [1.807, 2.05) is 0 Å². The minimum absolute atomic E-state index is 0.321. The lowest BCUT2D eigenvalue weighted by Gasteiger charge is -2.18. The molecule has 1 aliphatic rings. The van der Waals surface area contributed by atoms with Crippen molar-refractivity contribution in [1.82, 2.24) is 10.2 Å². The van der Waals surface area contributed by atoms with Crippen molar-refractivity contribution in [3.63, 3.8) is 0 Å². The minimum Gasteiger partial charge on any atom is -0.396 e. The van der Waals surface area contributed by atoms with E-state index in [9.17, 15) is 0 Å².